The first-order valence-corrected chi connectivity index (χ1v) is 9.83. The van der Waals surface area contributed by atoms with Gasteiger partial charge in [0, 0.05) is 29.5 Å². The number of hydrogen-bond donors (Lipinski definition) is 1. The van der Waals surface area contributed by atoms with Gasteiger partial charge in [0.25, 0.3) is 5.78 Å². The molecule has 0 saturated carbocycles. The molecule has 0 radical (unpaired) electrons. The molecule has 1 amide bonds. The Kier molecular flexibility index (Phi) is 5.09. The van der Waals surface area contributed by atoms with E-state index in [0.717, 1.165) is 0 Å². The summed E-state index contributed by atoms with van der Waals surface area (Å²) < 4.78 is 5.49. The third-order valence-electron chi connectivity index (χ3n) is 4.51. The molecule has 1 aliphatic heterocycles. The first-order valence-electron chi connectivity index (χ1n) is 8.95. The van der Waals surface area contributed by atoms with Crippen LogP contribution in [0.5, 0.6) is 5.75 Å². The number of carbonyl (C=O) groups is 2. The van der Waals surface area contributed by atoms with Crippen molar-refractivity contribution in [2.75, 3.05) is 11.5 Å². The second kappa shape index (κ2) is 7.84. The van der Waals surface area contributed by atoms with Crippen LogP contribution in [0.1, 0.15) is 24.1 Å². The Morgan fingerprint density at radius 3 is 2.69 bits per heavy atom. The summed E-state index contributed by atoms with van der Waals surface area (Å²) in [5, 5.41) is 13.2. The number of anilines is 1. The Hall–Kier alpha value is -3.52. The molecule has 1 atom stereocenters. The Bertz CT molecular complexity index is 1080. The van der Waals surface area contributed by atoms with Gasteiger partial charge in [0.1, 0.15) is 11.5 Å². The van der Waals surface area contributed by atoms with E-state index in [4.69, 9.17) is 4.74 Å². The number of thiazole rings is 1. The van der Waals surface area contributed by atoms with Crippen molar-refractivity contribution in [2.24, 2.45) is 0 Å². The van der Waals surface area contributed by atoms with E-state index in [9.17, 15) is 14.7 Å². The van der Waals surface area contributed by atoms with Crippen LogP contribution in [-0.2, 0) is 9.59 Å². The number of rotatable bonds is 5. The van der Waals surface area contributed by atoms with Crippen LogP contribution in [-0.4, -0.2) is 33.4 Å². The predicted molar refractivity (Wildman–Crippen MR) is 109 cm³/mol. The minimum Gasteiger partial charge on any atom is -0.507 e. The molecule has 1 aromatic carbocycles. The van der Waals surface area contributed by atoms with Gasteiger partial charge in [-0.05, 0) is 36.8 Å². The number of aromatic nitrogens is 2. The van der Waals surface area contributed by atoms with Gasteiger partial charge in [0.2, 0.25) is 0 Å². The van der Waals surface area contributed by atoms with Gasteiger partial charge < -0.3 is 9.84 Å². The smallest absolute Gasteiger partial charge is 0.301 e. The number of ketones is 1. The number of hydrogen-bond acceptors (Lipinski definition) is 7. The quantitative estimate of drug-likeness (QED) is 0.395. The number of Topliss-reactive ketones (excluding diaryl/α,β-unsaturated/α-hetero) is 1. The molecule has 0 bridgehead atoms. The summed E-state index contributed by atoms with van der Waals surface area (Å²) in [6.45, 7) is 2.32. The summed E-state index contributed by atoms with van der Waals surface area (Å²) in [5.41, 5.74) is 1.05. The average Bonchev–Trinajstić information content (AvgIpc) is 3.36. The second-order valence-electron chi connectivity index (χ2n) is 6.23. The molecular weight excluding hydrogens is 390 g/mol. The molecule has 29 heavy (non-hydrogen) atoms. The first kappa shape index (κ1) is 18.8. The fourth-order valence-corrected chi connectivity index (χ4v) is 3.95. The fraction of sp³-hybridized carbons (Fsp3) is 0.143. The third-order valence-corrected chi connectivity index (χ3v) is 5.28. The molecule has 1 unspecified atom stereocenters. The van der Waals surface area contributed by atoms with E-state index in [1.165, 1.54) is 16.2 Å². The molecule has 1 N–H and O–H groups in total. The van der Waals surface area contributed by atoms with Gasteiger partial charge in [0.05, 0.1) is 18.2 Å². The fourth-order valence-electron chi connectivity index (χ4n) is 3.28. The summed E-state index contributed by atoms with van der Waals surface area (Å²) in [7, 11) is 0. The Morgan fingerprint density at radius 1 is 1.21 bits per heavy atom. The zero-order valence-electron chi connectivity index (χ0n) is 15.5. The van der Waals surface area contributed by atoms with E-state index in [1.54, 1.807) is 60.4 Å². The van der Waals surface area contributed by atoms with Crippen molar-refractivity contribution in [3.63, 3.8) is 0 Å². The summed E-state index contributed by atoms with van der Waals surface area (Å²) in [4.78, 5) is 35.3. The number of pyridine rings is 1. The van der Waals surface area contributed by atoms with Crippen molar-refractivity contribution in [1.82, 2.24) is 9.97 Å². The van der Waals surface area contributed by atoms with Gasteiger partial charge in [-0.1, -0.05) is 12.1 Å². The second-order valence-corrected chi connectivity index (χ2v) is 7.10. The summed E-state index contributed by atoms with van der Waals surface area (Å²) in [6.07, 6.45) is 4.72. The van der Waals surface area contributed by atoms with E-state index in [1.807, 2.05) is 6.92 Å². The van der Waals surface area contributed by atoms with Crippen molar-refractivity contribution < 1.29 is 19.4 Å². The molecule has 2 aromatic heterocycles. The van der Waals surface area contributed by atoms with Crippen LogP contribution in [0.3, 0.4) is 0 Å². The number of ether oxygens (including phenoxy) is 1. The lowest BCUT2D eigenvalue weighted by atomic mass is 9.96. The highest BCUT2D eigenvalue weighted by Gasteiger charge is 2.47. The van der Waals surface area contributed by atoms with Crippen LogP contribution in [0, 0.1) is 0 Å². The molecule has 1 saturated heterocycles. The lowest BCUT2D eigenvalue weighted by Gasteiger charge is -2.22. The number of carbonyl (C=O) groups excluding carboxylic acids is 2. The largest absolute Gasteiger partial charge is 0.507 e. The zero-order chi connectivity index (χ0) is 20.4. The van der Waals surface area contributed by atoms with E-state index >= 15 is 0 Å². The number of amides is 1. The molecule has 0 aliphatic carbocycles. The van der Waals surface area contributed by atoms with Crippen LogP contribution >= 0.6 is 11.3 Å². The third kappa shape index (κ3) is 3.38. The van der Waals surface area contributed by atoms with Gasteiger partial charge in [-0.25, -0.2) is 4.98 Å². The topological polar surface area (TPSA) is 92.6 Å². The van der Waals surface area contributed by atoms with Crippen LogP contribution in [0.25, 0.3) is 5.76 Å². The van der Waals surface area contributed by atoms with Crippen LogP contribution in [0.15, 0.2) is 65.9 Å². The lowest BCUT2D eigenvalue weighted by molar-refractivity contribution is -0.132. The molecule has 3 heterocycles. The first-order chi connectivity index (χ1) is 14.1. The summed E-state index contributed by atoms with van der Waals surface area (Å²) in [5.74, 6) is -1.19. The Balaban J connectivity index is 1.90. The minimum atomic E-state index is -0.806. The Labute approximate surface area is 170 Å². The molecule has 3 aromatic rings. The van der Waals surface area contributed by atoms with Gasteiger partial charge in [-0.15, -0.1) is 11.3 Å². The van der Waals surface area contributed by atoms with Crippen molar-refractivity contribution in [3.8, 4) is 5.75 Å². The zero-order valence-corrected chi connectivity index (χ0v) is 16.3. The molecule has 7 nitrogen and oxygen atoms in total. The Morgan fingerprint density at radius 2 is 2.00 bits per heavy atom. The van der Waals surface area contributed by atoms with E-state index in [-0.39, 0.29) is 11.3 Å². The SMILES string of the molecule is CCOc1cccc(C(O)=C2C(=O)C(=O)N(c3nccs3)C2c2ccncc2)c1. The number of aliphatic hydroxyl groups is 1. The van der Waals surface area contributed by atoms with Crippen LogP contribution in [0.4, 0.5) is 5.13 Å². The average molecular weight is 407 g/mol. The minimum absolute atomic E-state index is 0.00467. The normalized spacial score (nSPS) is 18.2. The molecule has 8 heteroatoms. The van der Waals surface area contributed by atoms with Crippen molar-refractivity contribution in [1.29, 1.82) is 0 Å². The van der Waals surface area contributed by atoms with E-state index < -0.39 is 17.7 Å². The van der Waals surface area contributed by atoms with Crippen molar-refractivity contribution in [2.45, 2.75) is 13.0 Å². The molecule has 1 aliphatic rings. The van der Waals surface area contributed by atoms with Gasteiger partial charge in [0.15, 0.2) is 5.13 Å². The monoisotopic (exact) mass is 407 g/mol. The van der Waals surface area contributed by atoms with Gasteiger partial charge in [-0.3, -0.25) is 19.5 Å². The van der Waals surface area contributed by atoms with E-state index in [0.29, 0.717) is 28.6 Å². The van der Waals surface area contributed by atoms with E-state index in [2.05, 4.69) is 9.97 Å². The number of benzene rings is 1. The van der Waals surface area contributed by atoms with Crippen LogP contribution in [0.2, 0.25) is 0 Å². The maximum atomic E-state index is 12.9. The molecule has 146 valence electrons. The molecule has 4 rings (SSSR count). The van der Waals surface area contributed by atoms with Crippen molar-refractivity contribution >= 4 is 33.9 Å². The predicted octanol–water partition coefficient (Wildman–Crippen LogP) is 3.56. The van der Waals surface area contributed by atoms with Gasteiger partial charge in [-0.2, -0.15) is 0 Å². The highest BCUT2D eigenvalue weighted by molar-refractivity contribution is 7.14. The standard InChI is InChI=1S/C21H17N3O4S/c1-2-28-15-5-3-4-14(12-15)18(25)16-17(13-6-8-22-9-7-13)24(20(27)19(16)26)21-23-10-11-29-21/h3-12,17,25H,2H2,1H3. The van der Waals surface area contributed by atoms with Crippen LogP contribution < -0.4 is 9.64 Å². The molecule has 0 spiro atoms. The number of nitrogens with zero attached hydrogens (tertiary/aromatic N) is 3. The number of aliphatic hydroxyl groups excluding tert-OH is 1. The molecular formula is C21H17N3O4S. The highest BCUT2D eigenvalue weighted by Crippen LogP contribution is 2.42. The van der Waals surface area contributed by atoms with Gasteiger partial charge >= 0.3 is 5.91 Å². The maximum Gasteiger partial charge on any atom is 0.301 e. The maximum absolute atomic E-state index is 12.9. The highest BCUT2D eigenvalue weighted by atomic mass is 32.1. The van der Waals surface area contributed by atoms with Crippen molar-refractivity contribution in [3.05, 3.63) is 77.1 Å². The molecule has 1 fully saturated rings. The summed E-state index contributed by atoms with van der Waals surface area (Å²) >= 11 is 1.24. The lowest BCUT2D eigenvalue weighted by Crippen LogP contribution is -2.29. The summed E-state index contributed by atoms with van der Waals surface area (Å²) in [6, 6.07) is 9.40.